The lowest BCUT2D eigenvalue weighted by molar-refractivity contribution is -0.0190. The van der Waals surface area contributed by atoms with E-state index in [9.17, 15) is 0 Å². The second-order valence-electron chi connectivity index (χ2n) is 7.67. The Balaban J connectivity index is 1.55. The highest BCUT2D eigenvalue weighted by atomic mass is 35.5. The molecular formula is C25H23ClN2O2. The SMILES string of the molecule is CCOc1ccc([C@@H]2Oc3ccc(Cl)cc3[C@@H]3CC(c4ccc(C)cc4)=NN32)cc1. The van der Waals surface area contributed by atoms with Crippen LogP contribution in [0.5, 0.6) is 11.5 Å². The molecule has 3 aromatic carbocycles. The maximum Gasteiger partial charge on any atom is 0.213 e. The number of halogens is 1. The van der Waals surface area contributed by atoms with E-state index >= 15 is 0 Å². The smallest absolute Gasteiger partial charge is 0.213 e. The Kier molecular flexibility index (Phi) is 4.87. The topological polar surface area (TPSA) is 34.1 Å². The highest BCUT2D eigenvalue weighted by Crippen LogP contribution is 2.48. The van der Waals surface area contributed by atoms with Gasteiger partial charge < -0.3 is 9.47 Å². The van der Waals surface area contributed by atoms with Gasteiger partial charge in [-0.25, -0.2) is 5.01 Å². The molecule has 5 rings (SSSR count). The summed E-state index contributed by atoms with van der Waals surface area (Å²) in [5.74, 6) is 1.71. The lowest BCUT2D eigenvalue weighted by atomic mass is 9.95. The molecule has 152 valence electrons. The van der Waals surface area contributed by atoms with E-state index in [0.717, 1.165) is 40.3 Å². The first kappa shape index (κ1) is 19.0. The standard InChI is InChI=1S/C25H23ClN2O2/c1-3-29-20-11-8-18(9-12-20)25-28-23(21-14-19(26)10-13-24(21)30-25)15-22(27-28)17-6-4-16(2)5-7-17/h4-14,23,25H,3,15H2,1-2H3/t23-,25-/m0/s1. The molecule has 0 bridgehead atoms. The van der Waals surface area contributed by atoms with Crippen LogP contribution < -0.4 is 9.47 Å². The zero-order chi connectivity index (χ0) is 20.7. The van der Waals surface area contributed by atoms with Gasteiger partial charge in [0.1, 0.15) is 11.5 Å². The second-order valence-corrected chi connectivity index (χ2v) is 8.10. The number of fused-ring (bicyclic) bond motifs is 3. The Labute approximate surface area is 181 Å². The van der Waals surface area contributed by atoms with Gasteiger partial charge in [-0.2, -0.15) is 5.10 Å². The molecule has 0 spiro atoms. The van der Waals surface area contributed by atoms with Gasteiger partial charge >= 0.3 is 0 Å². The van der Waals surface area contributed by atoms with Crippen molar-refractivity contribution in [2.45, 2.75) is 32.5 Å². The summed E-state index contributed by atoms with van der Waals surface area (Å²) in [6.07, 6.45) is 0.509. The molecule has 30 heavy (non-hydrogen) atoms. The molecule has 0 fully saturated rings. The van der Waals surface area contributed by atoms with Crippen LogP contribution in [-0.4, -0.2) is 17.3 Å². The highest BCUT2D eigenvalue weighted by molar-refractivity contribution is 6.30. The summed E-state index contributed by atoms with van der Waals surface area (Å²) < 4.78 is 12.0. The van der Waals surface area contributed by atoms with Crippen molar-refractivity contribution in [3.05, 3.63) is 94.0 Å². The molecular weight excluding hydrogens is 396 g/mol. The third kappa shape index (κ3) is 3.41. The van der Waals surface area contributed by atoms with Crippen LogP contribution >= 0.6 is 11.6 Å². The maximum absolute atomic E-state index is 6.41. The largest absolute Gasteiger partial charge is 0.494 e. The summed E-state index contributed by atoms with van der Waals surface area (Å²) in [7, 11) is 0. The quantitative estimate of drug-likeness (QED) is 0.499. The van der Waals surface area contributed by atoms with Gasteiger partial charge in [0.2, 0.25) is 6.23 Å². The molecule has 0 radical (unpaired) electrons. The molecule has 0 amide bonds. The summed E-state index contributed by atoms with van der Waals surface area (Å²) in [6.45, 7) is 4.72. The lowest BCUT2D eigenvalue weighted by Crippen LogP contribution is -2.33. The minimum Gasteiger partial charge on any atom is -0.494 e. The van der Waals surface area contributed by atoms with E-state index in [0.29, 0.717) is 11.6 Å². The van der Waals surface area contributed by atoms with Gasteiger partial charge in [0.15, 0.2) is 0 Å². The fourth-order valence-electron chi connectivity index (χ4n) is 4.09. The second kappa shape index (κ2) is 7.69. The molecule has 0 unspecified atom stereocenters. The average molecular weight is 419 g/mol. The molecule has 2 heterocycles. The number of rotatable bonds is 4. The van der Waals surface area contributed by atoms with Crippen molar-refractivity contribution < 1.29 is 9.47 Å². The summed E-state index contributed by atoms with van der Waals surface area (Å²) in [4.78, 5) is 0. The molecule has 3 aromatic rings. The van der Waals surface area contributed by atoms with Crippen molar-refractivity contribution >= 4 is 17.3 Å². The average Bonchev–Trinajstić information content (AvgIpc) is 3.20. The van der Waals surface area contributed by atoms with Crippen molar-refractivity contribution in [3.63, 3.8) is 0 Å². The number of ether oxygens (including phenoxy) is 2. The van der Waals surface area contributed by atoms with E-state index in [1.165, 1.54) is 5.56 Å². The monoisotopic (exact) mass is 418 g/mol. The van der Waals surface area contributed by atoms with E-state index in [1.807, 2.05) is 49.4 Å². The molecule has 0 saturated heterocycles. The zero-order valence-corrected chi connectivity index (χ0v) is 17.8. The van der Waals surface area contributed by atoms with Crippen LogP contribution in [-0.2, 0) is 0 Å². The first-order valence-electron chi connectivity index (χ1n) is 10.2. The number of aryl methyl sites for hydroxylation is 1. The summed E-state index contributed by atoms with van der Waals surface area (Å²) in [5, 5.41) is 7.79. The van der Waals surface area contributed by atoms with Crippen molar-refractivity contribution in [1.82, 2.24) is 5.01 Å². The zero-order valence-electron chi connectivity index (χ0n) is 17.0. The van der Waals surface area contributed by atoms with E-state index in [-0.39, 0.29) is 12.3 Å². The van der Waals surface area contributed by atoms with Crippen LogP contribution in [0.3, 0.4) is 0 Å². The summed E-state index contributed by atoms with van der Waals surface area (Å²) in [5.41, 5.74) is 5.56. The third-order valence-corrected chi connectivity index (χ3v) is 5.85. The van der Waals surface area contributed by atoms with Crippen molar-refractivity contribution in [1.29, 1.82) is 0 Å². The Morgan fingerprint density at radius 1 is 1.07 bits per heavy atom. The third-order valence-electron chi connectivity index (χ3n) is 5.61. The highest BCUT2D eigenvalue weighted by Gasteiger charge is 2.41. The van der Waals surface area contributed by atoms with Crippen LogP contribution in [0.25, 0.3) is 0 Å². The molecule has 0 aromatic heterocycles. The first-order chi connectivity index (χ1) is 14.6. The summed E-state index contributed by atoms with van der Waals surface area (Å²) in [6, 6.07) is 22.5. The molecule has 0 N–H and O–H groups in total. The molecule has 0 aliphatic carbocycles. The van der Waals surface area contributed by atoms with E-state index in [2.05, 4.69) is 36.2 Å². The molecule has 2 aliphatic rings. The summed E-state index contributed by atoms with van der Waals surface area (Å²) >= 11 is 6.31. The van der Waals surface area contributed by atoms with Gasteiger partial charge in [-0.15, -0.1) is 0 Å². The Morgan fingerprint density at radius 2 is 1.83 bits per heavy atom. The Bertz CT molecular complexity index is 1090. The lowest BCUT2D eigenvalue weighted by Gasteiger charge is -2.38. The fraction of sp³-hybridized carbons (Fsp3) is 0.240. The van der Waals surface area contributed by atoms with Crippen LogP contribution in [0.1, 0.15) is 47.9 Å². The van der Waals surface area contributed by atoms with Gasteiger partial charge in [0.25, 0.3) is 0 Å². The van der Waals surface area contributed by atoms with Crippen LogP contribution in [0.4, 0.5) is 0 Å². The Morgan fingerprint density at radius 3 is 2.57 bits per heavy atom. The molecule has 2 atom stereocenters. The van der Waals surface area contributed by atoms with E-state index in [4.69, 9.17) is 26.2 Å². The fourth-order valence-corrected chi connectivity index (χ4v) is 4.27. The van der Waals surface area contributed by atoms with Gasteiger partial charge in [0, 0.05) is 22.6 Å². The number of hydrazone groups is 1. The van der Waals surface area contributed by atoms with E-state index < -0.39 is 0 Å². The van der Waals surface area contributed by atoms with Crippen molar-refractivity contribution in [2.75, 3.05) is 6.61 Å². The van der Waals surface area contributed by atoms with E-state index in [1.54, 1.807) is 0 Å². The molecule has 5 heteroatoms. The molecule has 4 nitrogen and oxygen atoms in total. The number of nitrogens with zero attached hydrogens (tertiary/aromatic N) is 2. The minimum absolute atomic E-state index is 0.0836. The predicted octanol–water partition coefficient (Wildman–Crippen LogP) is 6.29. The first-order valence-corrected chi connectivity index (χ1v) is 10.6. The number of hydrogen-bond donors (Lipinski definition) is 0. The van der Waals surface area contributed by atoms with Crippen LogP contribution in [0, 0.1) is 6.92 Å². The Hall–Kier alpha value is -2.98. The van der Waals surface area contributed by atoms with Gasteiger partial charge in [-0.1, -0.05) is 41.4 Å². The van der Waals surface area contributed by atoms with Crippen molar-refractivity contribution in [3.8, 4) is 11.5 Å². The predicted molar refractivity (Wildman–Crippen MR) is 119 cm³/mol. The maximum atomic E-state index is 6.41. The van der Waals surface area contributed by atoms with Gasteiger partial charge in [-0.05, 0) is 61.9 Å². The number of benzene rings is 3. The normalized spacial score (nSPS) is 19.6. The van der Waals surface area contributed by atoms with Crippen LogP contribution in [0.15, 0.2) is 71.8 Å². The van der Waals surface area contributed by atoms with Crippen LogP contribution in [0.2, 0.25) is 5.02 Å². The van der Waals surface area contributed by atoms with Gasteiger partial charge in [-0.3, -0.25) is 0 Å². The van der Waals surface area contributed by atoms with Gasteiger partial charge in [0.05, 0.1) is 18.4 Å². The van der Waals surface area contributed by atoms with Crippen molar-refractivity contribution in [2.24, 2.45) is 5.10 Å². The molecule has 0 saturated carbocycles. The number of hydrogen-bond acceptors (Lipinski definition) is 4. The minimum atomic E-state index is -0.303. The molecule has 2 aliphatic heterocycles.